The summed E-state index contributed by atoms with van der Waals surface area (Å²) in [4.78, 5) is 0. The van der Waals surface area contributed by atoms with Crippen molar-refractivity contribution >= 4 is 145 Å². The molecule has 22 aromatic rings. The van der Waals surface area contributed by atoms with Crippen molar-refractivity contribution in [1.29, 1.82) is 0 Å². The molecule has 0 saturated heterocycles. The number of para-hydroxylation sites is 5. The summed E-state index contributed by atoms with van der Waals surface area (Å²) in [6, 6.07) is 157. The standard InChI is InChI=1S/C108H70N4Si2/c1-4-26-75(27-5-1)109-91-40-17-10-36-86(91)105-95(109)62-63-98-108(105)89-39-13-20-43-94(89)112(98)78-28-24-25-71(65-78)74-52-59-85-90-66-72(53-64-102(90)113(103(85)68-74,79-29-6-2-7-30-79)80-31-8-3-9-32-80)69-47-54-76(55-48-69)110-92-41-18-11-37-87(92)106-96(110)60-61-97-107(106)88-38-12-19-42-93(88)111(97)77-56-49-70(50-57-77)73-51-58-84-83-35-16-23-46-101(83)114(104(84)67-73)99-44-21-14-33-81(99)82-34-15-22-45-100(82)114/h1-68,113-114H/q-2. The molecule has 0 saturated carbocycles. The average molecular weight is 1480 g/mol. The molecule has 0 atom stereocenters. The second-order valence-electron chi connectivity index (χ2n) is 31.8. The van der Waals surface area contributed by atoms with E-state index in [-0.39, 0.29) is 0 Å². The molecule has 6 heteroatoms. The minimum Gasteiger partial charge on any atom is -0.0602 e. The van der Waals surface area contributed by atoms with Gasteiger partial charge in [-0.25, -0.2) is 0 Å². The zero-order valence-electron chi connectivity index (χ0n) is 62.2. The number of hydrogen-bond donors (Lipinski definition) is 0. The molecule has 0 fully saturated rings. The van der Waals surface area contributed by atoms with Crippen molar-refractivity contribution in [3.63, 3.8) is 0 Å². The summed E-state index contributed by atoms with van der Waals surface area (Å²) < 4.78 is 9.89. The molecule has 0 N–H and O–H groups in total. The van der Waals surface area contributed by atoms with E-state index in [1.54, 1.807) is 0 Å². The third kappa shape index (κ3) is 8.59. The summed E-state index contributed by atoms with van der Waals surface area (Å²) in [5.74, 6) is 0. The van der Waals surface area contributed by atoms with Crippen LogP contribution in [0.25, 0.3) is 177 Å². The maximum Gasteiger partial charge on any atom is -0.0380 e. The molecule has 3 aliphatic heterocycles. The number of benzene rings is 18. The van der Waals surface area contributed by atoms with Gasteiger partial charge < -0.3 is 0 Å². The van der Waals surface area contributed by atoms with Crippen LogP contribution in [-0.4, -0.2) is 34.4 Å². The Morgan fingerprint density at radius 3 is 0.895 bits per heavy atom. The van der Waals surface area contributed by atoms with Crippen LogP contribution in [0.4, 0.5) is 0 Å². The molecule has 3 aliphatic rings. The smallest absolute Gasteiger partial charge is 0.0380 e. The van der Waals surface area contributed by atoms with Crippen molar-refractivity contribution in [1.82, 2.24) is 18.3 Å². The van der Waals surface area contributed by atoms with Crippen molar-refractivity contribution in [3.05, 3.63) is 413 Å². The molecule has 4 nitrogen and oxygen atoms in total. The van der Waals surface area contributed by atoms with Crippen LogP contribution in [0.5, 0.6) is 0 Å². The molecule has 25 rings (SSSR count). The Morgan fingerprint density at radius 2 is 0.447 bits per heavy atom. The van der Waals surface area contributed by atoms with Gasteiger partial charge in [-0.05, 0) is 18.2 Å². The fourth-order valence-electron chi connectivity index (χ4n) is 22.1. The second-order valence-corrected chi connectivity index (χ2v) is 40.3. The Labute approximate surface area is 660 Å². The largest absolute Gasteiger partial charge is 0.0602 e. The fourth-order valence-corrected chi connectivity index (χ4v) is 34.6. The van der Waals surface area contributed by atoms with Gasteiger partial charge in [-0.1, -0.05) is 36.4 Å². The number of hydrogen-bond acceptors (Lipinski definition) is 0. The third-order valence-electron chi connectivity index (χ3n) is 26.6. The first-order valence-electron chi connectivity index (χ1n) is 40.0. The van der Waals surface area contributed by atoms with Crippen LogP contribution in [0.3, 0.4) is 0 Å². The van der Waals surface area contributed by atoms with Gasteiger partial charge in [0.1, 0.15) is 0 Å². The van der Waals surface area contributed by atoms with Crippen LogP contribution in [0.15, 0.2) is 413 Å². The summed E-state index contributed by atoms with van der Waals surface area (Å²) in [6.07, 6.45) is 0. The van der Waals surface area contributed by atoms with Crippen LogP contribution in [-0.2, 0) is 0 Å². The monoisotopic (exact) mass is 1480 g/mol. The zero-order chi connectivity index (χ0) is 74.5. The van der Waals surface area contributed by atoms with E-state index in [9.17, 15) is 0 Å². The van der Waals surface area contributed by atoms with Gasteiger partial charge in [0, 0.05) is 5.69 Å². The number of fused-ring (bicyclic) bond motifs is 27. The molecule has 18 aromatic carbocycles. The Morgan fingerprint density at radius 1 is 0.149 bits per heavy atom. The Balaban J connectivity index is 0.583. The predicted octanol–water partition coefficient (Wildman–Crippen LogP) is 21.2. The molecule has 0 aliphatic carbocycles. The molecular weight excluding hydrogens is 1410 g/mol. The molecular formula is C108H70N4Si2-2. The molecule has 0 amide bonds. The maximum absolute atomic E-state index is 3.40. The summed E-state index contributed by atoms with van der Waals surface area (Å²) in [5, 5.41) is 21.8. The molecule has 4 aromatic heterocycles. The quantitative estimate of drug-likeness (QED) is 0.128. The number of aromatic nitrogens is 4. The summed E-state index contributed by atoms with van der Waals surface area (Å²) in [5.41, 5.74) is 29.5. The number of rotatable bonds is 9. The van der Waals surface area contributed by atoms with Crippen LogP contribution < -0.4 is 41.5 Å². The van der Waals surface area contributed by atoms with Gasteiger partial charge in [0.2, 0.25) is 0 Å². The zero-order valence-corrected chi connectivity index (χ0v) is 64.5. The van der Waals surface area contributed by atoms with E-state index >= 15 is 0 Å². The predicted molar refractivity (Wildman–Crippen MR) is 487 cm³/mol. The van der Waals surface area contributed by atoms with Gasteiger partial charge in [-0.3, -0.25) is 0 Å². The van der Waals surface area contributed by atoms with Crippen LogP contribution in [0, 0.1) is 0 Å². The van der Waals surface area contributed by atoms with Crippen molar-refractivity contribution < 1.29 is 0 Å². The van der Waals surface area contributed by atoms with E-state index in [0.717, 1.165) is 22.7 Å². The first kappa shape index (κ1) is 63.4. The molecule has 0 bridgehead atoms. The first-order valence-corrected chi connectivity index (χ1v) is 44.6. The van der Waals surface area contributed by atoms with E-state index in [1.807, 2.05) is 0 Å². The van der Waals surface area contributed by atoms with Gasteiger partial charge in [0.05, 0.1) is 0 Å². The van der Waals surface area contributed by atoms with Crippen molar-refractivity contribution in [2.75, 3.05) is 0 Å². The van der Waals surface area contributed by atoms with Crippen LogP contribution >= 0.6 is 0 Å². The van der Waals surface area contributed by atoms with Gasteiger partial charge >= 0.3 is 605 Å². The van der Waals surface area contributed by atoms with Crippen LogP contribution in [0.2, 0.25) is 0 Å². The molecule has 532 valence electrons. The van der Waals surface area contributed by atoms with Gasteiger partial charge in [-0.15, -0.1) is 0 Å². The van der Waals surface area contributed by atoms with Gasteiger partial charge in [0.25, 0.3) is 0 Å². The molecule has 0 radical (unpaired) electrons. The van der Waals surface area contributed by atoms with E-state index in [4.69, 9.17) is 0 Å². The second kappa shape index (κ2) is 24.1. The topological polar surface area (TPSA) is 19.7 Å². The van der Waals surface area contributed by atoms with E-state index in [0.29, 0.717) is 0 Å². The van der Waals surface area contributed by atoms with Crippen molar-refractivity contribution in [2.45, 2.75) is 0 Å². The Kier molecular flexibility index (Phi) is 13.4. The summed E-state index contributed by atoms with van der Waals surface area (Å²) >= 11 is 0. The normalized spacial score (nSPS) is 14.0. The molecule has 1 spiro atoms. The van der Waals surface area contributed by atoms with Crippen molar-refractivity contribution in [2.24, 2.45) is 0 Å². The fraction of sp³-hybridized carbons (Fsp3) is 0. The first-order chi connectivity index (χ1) is 56.6. The maximum atomic E-state index is 2.58. The van der Waals surface area contributed by atoms with E-state index in [1.165, 1.54) is 195 Å². The average Bonchev–Trinajstić information content (AvgIpc) is 1.51. The summed E-state index contributed by atoms with van der Waals surface area (Å²) in [7, 11) is -6.43. The van der Waals surface area contributed by atoms with Gasteiger partial charge in [0.15, 0.2) is 0 Å². The Bertz CT molecular complexity index is 7730. The third-order valence-corrected chi connectivity index (χ3v) is 38.0. The van der Waals surface area contributed by atoms with E-state index < -0.39 is 16.1 Å². The summed E-state index contributed by atoms with van der Waals surface area (Å²) in [6.45, 7) is 0. The van der Waals surface area contributed by atoms with Crippen molar-refractivity contribution in [3.8, 4) is 89.5 Å². The molecule has 0 unspecified atom stereocenters. The molecule has 114 heavy (non-hydrogen) atoms. The minimum atomic E-state index is -3.40. The minimum absolute atomic E-state index is 1.13. The van der Waals surface area contributed by atoms with Gasteiger partial charge in [-0.2, -0.15) is 0 Å². The Hall–Kier alpha value is -14.4. The van der Waals surface area contributed by atoms with Crippen LogP contribution in [0.1, 0.15) is 0 Å². The van der Waals surface area contributed by atoms with E-state index in [2.05, 4.69) is 431 Å². The molecule has 7 heterocycles. The number of nitrogens with zero attached hydrogens (tertiary/aromatic N) is 4. The SMILES string of the molecule is c1ccc(-n2c3ccccc3c3c4c5ccccc5n(-c5cccc(-c6ccc7c(c6)[SiH-](c6ccccc6)(c6ccccc6)c6ccc(-c8ccc(-n9c%10ccccc%10c%10c%11c%12ccccc%12n(-c%12ccc(-c%13ccc%14c(c%13)[SiH-]%13(c%15ccccc%15-c%15ccccc%15%13)c%13ccccc%13-%14)cc%12)c%11ccc%109)cc8)cc6-7)c5)c4ccc32)cc1.